The predicted octanol–water partition coefficient (Wildman–Crippen LogP) is 5.74. The van der Waals surface area contributed by atoms with Gasteiger partial charge in [0.2, 0.25) is 0 Å². The van der Waals surface area contributed by atoms with Crippen LogP contribution in [-0.2, 0) is 11.4 Å². The van der Waals surface area contributed by atoms with Gasteiger partial charge in [0.15, 0.2) is 5.11 Å². The lowest BCUT2D eigenvalue weighted by Crippen LogP contribution is -2.30. The number of anilines is 1. The molecule has 1 N–H and O–H groups in total. The topological polar surface area (TPSA) is 54.7 Å². The average Bonchev–Trinajstić information content (AvgIpc) is 3.28. The Hall–Kier alpha value is -2.80. The molecule has 30 heavy (non-hydrogen) atoms. The number of amides is 1. The van der Waals surface area contributed by atoms with Gasteiger partial charge in [-0.1, -0.05) is 41.4 Å². The highest BCUT2D eigenvalue weighted by molar-refractivity contribution is 7.80. The van der Waals surface area contributed by atoms with Gasteiger partial charge in [-0.2, -0.15) is 0 Å². The van der Waals surface area contributed by atoms with Gasteiger partial charge in [-0.15, -0.1) is 0 Å². The molecule has 0 unspecified atom stereocenters. The maximum Gasteiger partial charge on any atom is 0.281 e. The van der Waals surface area contributed by atoms with Crippen LogP contribution < -0.4 is 15.0 Å². The quantitative estimate of drug-likeness (QED) is 0.390. The van der Waals surface area contributed by atoms with E-state index in [0.717, 1.165) is 11.3 Å². The van der Waals surface area contributed by atoms with Gasteiger partial charge < -0.3 is 14.5 Å². The van der Waals surface area contributed by atoms with Crippen molar-refractivity contribution in [2.24, 2.45) is 0 Å². The second-order valence-electron chi connectivity index (χ2n) is 6.58. The number of thiocarbonyl (C=S) groups is 1. The summed E-state index contributed by atoms with van der Waals surface area (Å²) in [5.74, 6) is 1.44. The van der Waals surface area contributed by atoms with Crippen LogP contribution in [0.15, 0.2) is 64.7 Å². The summed E-state index contributed by atoms with van der Waals surface area (Å²) in [5, 5.41) is 4.16. The minimum atomic E-state index is -0.237. The molecule has 1 fully saturated rings. The fourth-order valence-electron chi connectivity index (χ4n) is 2.98. The molecule has 0 radical (unpaired) electrons. The first-order valence-electron chi connectivity index (χ1n) is 9.02. The minimum absolute atomic E-state index is 0.205. The molecule has 3 aromatic rings. The predicted molar refractivity (Wildman–Crippen MR) is 122 cm³/mol. The van der Waals surface area contributed by atoms with Crippen molar-refractivity contribution < 1.29 is 13.9 Å². The van der Waals surface area contributed by atoms with Gasteiger partial charge >= 0.3 is 0 Å². The summed E-state index contributed by atoms with van der Waals surface area (Å²) in [7, 11) is 0. The van der Waals surface area contributed by atoms with E-state index < -0.39 is 0 Å². The smallest absolute Gasteiger partial charge is 0.281 e. The summed E-state index contributed by atoms with van der Waals surface area (Å²) in [5.41, 5.74) is 2.05. The summed E-state index contributed by atoms with van der Waals surface area (Å²) in [6.45, 7) is 2.13. The molecule has 1 amide bonds. The number of para-hydroxylation sites is 1. The van der Waals surface area contributed by atoms with Crippen LogP contribution >= 0.6 is 35.4 Å². The maximum atomic E-state index is 12.9. The number of nitrogens with one attached hydrogen (secondary N) is 1. The molecular formula is C22H16Cl2N2O3S. The monoisotopic (exact) mass is 458 g/mol. The van der Waals surface area contributed by atoms with E-state index in [1.54, 1.807) is 36.4 Å². The third-order valence-corrected chi connectivity index (χ3v) is 5.50. The van der Waals surface area contributed by atoms with Crippen molar-refractivity contribution in [3.8, 4) is 5.75 Å². The molecule has 1 aliphatic heterocycles. The Morgan fingerprint density at radius 1 is 1.13 bits per heavy atom. The van der Waals surface area contributed by atoms with Gasteiger partial charge in [0.25, 0.3) is 5.91 Å². The number of ether oxygens (including phenoxy) is 1. The Labute approximate surface area is 188 Å². The number of carbonyl (C=O) groups excluding carboxylic acids is 1. The number of halogens is 2. The summed E-state index contributed by atoms with van der Waals surface area (Å²) >= 11 is 17.2. The van der Waals surface area contributed by atoms with E-state index in [2.05, 4.69) is 5.32 Å². The maximum absolute atomic E-state index is 12.9. The van der Waals surface area contributed by atoms with Crippen molar-refractivity contribution in [1.29, 1.82) is 0 Å². The van der Waals surface area contributed by atoms with Crippen LogP contribution in [0.2, 0.25) is 10.0 Å². The van der Waals surface area contributed by atoms with Crippen molar-refractivity contribution in [3.05, 3.63) is 87.4 Å². The standard InChI is InChI=1S/C22H16Cl2N2O3S/c1-13-4-2-3-5-20(13)26-21(27)19(25-22(26)30)11-15-6-7-16(29-15)12-28-14-8-9-17(23)18(24)10-14/h2-11H,12H2,1H3,(H,25,30)/b19-11+. The van der Waals surface area contributed by atoms with Gasteiger partial charge in [0.05, 0.1) is 15.7 Å². The molecule has 0 saturated carbocycles. The molecule has 1 saturated heterocycles. The van der Waals surface area contributed by atoms with Crippen molar-refractivity contribution in [2.45, 2.75) is 13.5 Å². The Kier molecular flexibility index (Phi) is 5.81. The normalized spacial score (nSPS) is 15.0. The molecule has 5 nitrogen and oxygen atoms in total. The van der Waals surface area contributed by atoms with E-state index in [0.29, 0.717) is 38.1 Å². The minimum Gasteiger partial charge on any atom is -0.486 e. The number of nitrogens with zero attached hydrogens (tertiary/aromatic N) is 1. The first-order valence-corrected chi connectivity index (χ1v) is 10.2. The second-order valence-corrected chi connectivity index (χ2v) is 7.78. The first-order chi connectivity index (χ1) is 14.4. The molecule has 0 atom stereocenters. The number of hydrogen-bond donors (Lipinski definition) is 1. The van der Waals surface area contributed by atoms with Crippen molar-refractivity contribution in [1.82, 2.24) is 5.32 Å². The molecule has 0 bridgehead atoms. The second kappa shape index (κ2) is 8.52. The van der Waals surface area contributed by atoms with E-state index in [1.807, 2.05) is 31.2 Å². The number of aryl methyl sites for hydroxylation is 1. The summed E-state index contributed by atoms with van der Waals surface area (Å²) in [4.78, 5) is 14.3. The van der Waals surface area contributed by atoms with Crippen molar-refractivity contribution in [2.75, 3.05) is 4.90 Å². The third kappa shape index (κ3) is 4.21. The molecular weight excluding hydrogens is 443 g/mol. The van der Waals surface area contributed by atoms with Crippen molar-refractivity contribution >= 4 is 58.2 Å². The summed E-state index contributed by atoms with van der Waals surface area (Å²) < 4.78 is 11.4. The molecule has 1 aromatic heterocycles. The molecule has 2 heterocycles. The summed E-state index contributed by atoms with van der Waals surface area (Å²) in [6.07, 6.45) is 1.62. The highest BCUT2D eigenvalue weighted by Gasteiger charge is 2.32. The van der Waals surface area contributed by atoms with Gasteiger partial charge in [0, 0.05) is 12.1 Å². The van der Waals surface area contributed by atoms with Gasteiger partial charge in [-0.3, -0.25) is 9.69 Å². The number of benzene rings is 2. The lowest BCUT2D eigenvalue weighted by atomic mass is 10.2. The van der Waals surface area contributed by atoms with Crippen molar-refractivity contribution in [3.63, 3.8) is 0 Å². The zero-order valence-electron chi connectivity index (χ0n) is 15.8. The average molecular weight is 459 g/mol. The molecule has 152 valence electrons. The molecule has 2 aromatic carbocycles. The van der Waals surface area contributed by atoms with Gasteiger partial charge in [0.1, 0.15) is 29.6 Å². The fraction of sp³-hybridized carbons (Fsp3) is 0.0909. The molecule has 0 aliphatic carbocycles. The number of rotatable bonds is 5. The van der Waals surface area contributed by atoms with Gasteiger partial charge in [-0.25, -0.2) is 0 Å². The number of furan rings is 1. The molecule has 8 heteroatoms. The highest BCUT2D eigenvalue weighted by atomic mass is 35.5. The first kappa shape index (κ1) is 20.5. The number of hydrogen-bond acceptors (Lipinski definition) is 4. The van der Waals surface area contributed by atoms with Crippen LogP contribution in [0.25, 0.3) is 6.08 Å². The van der Waals surface area contributed by atoms with E-state index in [-0.39, 0.29) is 12.5 Å². The van der Waals surface area contributed by atoms with E-state index >= 15 is 0 Å². The Balaban J connectivity index is 1.47. The lowest BCUT2D eigenvalue weighted by molar-refractivity contribution is -0.113. The van der Waals surface area contributed by atoms with Crippen LogP contribution in [0, 0.1) is 6.92 Å². The Morgan fingerprint density at radius 2 is 1.93 bits per heavy atom. The lowest BCUT2D eigenvalue weighted by Gasteiger charge is -2.16. The third-order valence-electron chi connectivity index (χ3n) is 4.48. The van der Waals surface area contributed by atoms with E-state index in [1.165, 1.54) is 4.90 Å². The van der Waals surface area contributed by atoms with Crippen LogP contribution in [0.5, 0.6) is 5.75 Å². The zero-order valence-corrected chi connectivity index (χ0v) is 18.1. The molecule has 4 rings (SSSR count). The van der Waals surface area contributed by atoms with Crippen LogP contribution in [0.4, 0.5) is 5.69 Å². The number of carbonyl (C=O) groups is 1. The SMILES string of the molecule is Cc1ccccc1N1C(=O)/C(=C\c2ccc(COc3ccc(Cl)c(Cl)c3)o2)NC1=S. The zero-order chi connectivity index (χ0) is 21.3. The Morgan fingerprint density at radius 3 is 2.70 bits per heavy atom. The van der Waals surface area contributed by atoms with Crippen LogP contribution in [-0.4, -0.2) is 11.0 Å². The largest absolute Gasteiger partial charge is 0.486 e. The highest BCUT2D eigenvalue weighted by Crippen LogP contribution is 2.28. The summed E-state index contributed by atoms with van der Waals surface area (Å²) in [6, 6.07) is 16.1. The molecule has 0 spiro atoms. The van der Waals surface area contributed by atoms with E-state index in [4.69, 9.17) is 44.6 Å². The van der Waals surface area contributed by atoms with Gasteiger partial charge in [-0.05, 0) is 55.0 Å². The fourth-order valence-corrected chi connectivity index (χ4v) is 3.56. The molecule has 1 aliphatic rings. The van der Waals surface area contributed by atoms with E-state index in [9.17, 15) is 4.79 Å². The van der Waals surface area contributed by atoms with Crippen LogP contribution in [0.1, 0.15) is 17.1 Å². The van der Waals surface area contributed by atoms with Crippen LogP contribution in [0.3, 0.4) is 0 Å². The Bertz CT molecular complexity index is 1170.